The zero-order valence-electron chi connectivity index (χ0n) is 17.1. The largest absolute Gasteiger partial charge is 0.383 e. The van der Waals surface area contributed by atoms with E-state index in [0.29, 0.717) is 62.1 Å². The van der Waals surface area contributed by atoms with E-state index in [1.54, 1.807) is 34.9 Å². The second-order valence-electron chi connectivity index (χ2n) is 7.96. The van der Waals surface area contributed by atoms with Crippen LogP contribution in [0.5, 0.6) is 0 Å². The summed E-state index contributed by atoms with van der Waals surface area (Å²) in [5, 5.41) is 1.18. The van der Waals surface area contributed by atoms with Crippen LogP contribution >= 0.6 is 0 Å². The standard InChI is InChI=1S/C21H27N3O5S/c1-29-12-11-24-14-19(17-4-2-3-5-18(17)20(24)25)21(26)23-9-7-22(8-10-23)16-6-13-30(27,28)15-16/h2-5,14,16H,6-13,15H2,1H3/t16-/m0/s1. The monoisotopic (exact) mass is 433 g/mol. The van der Waals surface area contributed by atoms with Crippen LogP contribution in [0.2, 0.25) is 0 Å². The van der Waals surface area contributed by atoms with E-state index in [1.165, 1.54) is 0 Å². The number of piperazine rings is 1. The summed E-state index contributed by atoms with van der Waals surface area (Å²) in [5.74, 6) is 0.373. The summed E-state index contributed by atoms with van der Waals surface area (Å²) in [6.07, 6.45) is 2.31. The molecule has 1 atom stereocenters. The molecule has 0 N–H and O–H groups in total. The molecule has 30 heavy (non-hydrogen) atoms. The molecule has 1 amide bonds. The van der Waals surface area contributed by atoms with Gasteiger partial charge in [0, 0.05) is 62.8 Å². The summed E-state index contributed by atoms with van der Waals surface area (Å²) < 4.78 is 30.2. The van der Waals surface area contributed by atoms with Gasteiger partial charge in [0.25, 0.3) is 11.5 Å². The lowest BCUT2D eigenvalue weighted by atomic mass is 10.1. The molecule has 2 aliphatic rings. The zero-order valence-corrected chi connectivity index (χ0v) is 17.9. The normalized spacial score (nSPS) is 21.9. The number of aromatic nitrogens is 1. The quantitative estimate of drug-likeness (QED) is 0.686. The van der Waals surface area contributed by atoms with Gasteiger partial charge in [0.1, 0.15) is 0 Å². The fourth-order valence-corrected chi connectivity index (χ4v) is 6.15. The van der Waals surface area contributed by atoms with Crippen LogP contribution in [0.1, 0.15) is 16.8 Å². The molecular formula is C21H27N3O5S. The minimum Gasteiger partial charge on any atom is -0.383 e. The number of pyridine rings is 1. The second-order valence-corrected chi connectivity index (χ2v) is 10.2. The highest BCUT2D eigenvalue weighted by atomic mass is 32.2. The molecule has 0 radical (unpaired) electrons. The summed E-state index contributed by atoms with van der Waals surface area (Å²) >= 11 is 0. The fraction of sp³-hybridized carbons (Fsp3) is 0.524. The van der Waals surface area contributed by atoms with Gasteiger partial charge < -0.3 is 14.2 Å². The third kappa shape index (κ3) is 4.14. The molecule has 2 fully saturated rings. The first kappa shape index (κ1) is 21.0. The summed E-state index contributed by atoms with van der Waals surface area (Å²) in [7, 11) is -1.35. The lowest BCUT2D eigenvalue weighted by Gasteiger charge is -2.37. The number of benzene rings is 1. The first-order chi connectivity index (χ1) is 14.4. The van der Waals surface area contributed by atoms with Crippen molar-refractivity contribution >= 4 is 26.5 Å². The summed E-state index contributed by atoms with van der Waals surface area (Å²) in [4.78, 5) is 30.1. The molecule has 1 aromatic heterocycles. The van der Waals surface area contributed by atoms with Gasteiger partial charge >= 0.3 is 0 Å². The first-order valence-electron chi connectivity index (χ1n) is 10.2. The Morgan fingerprint density at radius 1 is 1.13 bits per heavy atom. The van der Waals surface area contributed by atoms with Crippen molar-refractivity contribution in [3.05, 3.63) is 46.4 Å². The molecule has 2 aliphatic heterocycles. The van der Waals surface area contributed by atoms with Gasteiger partial charge in [-0.3, -0.25) is 14.5 Å². The van der Waals surface area contributed by atoms with Crippen LogP contribution in [0.15, 0.2) is 35.3 Å². The zero-order chi connectivity index (χ0) is 21.3. The maximum atomic E-state index is 13.3. The molecular weight excluding hydrogens is 406 g/mol. The molecule has 0 aliphatic carbocycles. The average molecular weight is 434 g/mol. The summed E-state index contributed by atoms with van der Waals surface area (Å²) in [6.45, 7) is 3.17. The van der Waals surface area contributed by atoms with Crippen molar-refractivity contribution in [3.8, 4) is 0 Å². The summed E-state index contributed by atoms with van der Waals surface area (Å²) in [5.41, 5.74) is 0.379. The van der Waals surface area contributed by atoms with Crippen molar-refractivity contribution in [3.63, 3.8) is 0 Å². The summed E-state index contributed by atoms with van der Waals surface area (Å²) in [6, 6.07) is 7.24. The van der Waals surface area contributed by atoms with Gasteiger partial charge in [-0.2, -0.15) is 0 Å². The van der Waals surface area contributed by atoms with Crippen molar-refractivity contribution in [2.75, 3.05) is 51.4 Å². The van der Waals surface area contributed by atoms with E-state index < -0.39 is 9.84 Å². The number of hydrogen-bond acceptors (Lipinski definition) is 6. The third-order valence-electron chi connectivity index (χ3n) is 6.09. The molecule has 3 heterocycles. The molecule has 0 saturated carbocycles. The highest BCUT2D eigenvalue weighted by molar-refractivity contribution is 7.91. The van der Waals surface area contributed by atoms with E-state index in [-0.39, 0.29) is 29.0 Å². The van der Waals surface area contributed by atoms with Crippen molar-refractivity contribution in [1.29, 1.82) is 0 Å². The smallest absolute Gasteiger partial charge is 0.258 e. The molecule has 0 unspecified atom stereocenters. The first-order valence-corrected chi connectivity index (χ1v) is 12.1. The van der Waals surface area contributed by atoms with Gasteiger partial charge in [0.05, 0.1) is 23.7 Å². The molecule has 2 saturated heterocycles. The van der Waals surface area contributed by atoms with Crippen LogP contribution in [-0.4, -0.2) is 86.1 Å². The molecule has 1 aromatic carbocycles. The van der Waals surface area contributed by atoms with Crippen molar-refractivity contribution < 1.29 is 17.9 Å². The lowest BCUT2D eigenvalue weighted by molar-refractivity contribution is 0.0588. The Balaban J connectivity index is 1.55. The van der Waals surface area contributed by atoms with E-state index in [1.807, 2.05) is 12.1 Å². The molecule has 162 valence electrons. The van der Waals surface area contributed by atoms with Crippen molar-refractivity contribution in [1.82, 2.24) is 14.4 Å². The Labute approximate surface area is 175 Å². The maximum Gasteiger partial charge on any atom is 0.258 e. The molecule has 9 heteroatoms. The number of carbonyl (C=O) groups is 1. The number of sulfone groups is 1. The number of carbonyl (C=O) groups excluding carboxylic acids is 1. The average Bonchev–Trinajstić information content (AvgIpc) is 3.13. The second kappa shape index (κ2) is 8.49. The molecule has 4 rings (SSSR count). The number of fused-ring (bicyclic) bond motifs is 1. The van der Waals surface area contributed by atoms with E-state index >= 15 is 0 Å². The number of methoxy groups -OCH3 is 1. The lowest BCUT2D eigenvalue weighted by Crippen LogP contribution is -2.52. The highest BCUT2D eigenvalue weighted by Crippen LogP contribution is 2.22. The fourth-order valence-electron chi connectivity index (χ4n) is 4.39. The minimum atomic E-state index is -2.92. The van der Waals surface area contributed by atoms with E-state index in [4.69, 9.17) is 4.74 Å². The Morgan fingerprint density at radius 2 is 1.83 bits per heavy atom. The van der Waals surface area contributed by atoms with Gasteiger partial charge in [-0.05, 0) is 12.5 Å². The number of ether oxygens (including phenoxy) is 1. The van der Waals surface area contributed by atoms with Crippen molar-refractivity contribution in [2.24, 2.45) is 0 Å². The Hall–Kier alpha value is -2.23. The van der Waals surface area contributed by atoms with Gasteiger partial charge in [-0.25, -0.2) is 8.42 Å². The van der Waals surface area contributed by atoms with Crippen LogP contribution in [0.4, 0.5) is 0 Å². The topological polar surface area (TPSA) is 88.9 Å². The predicted octanol–water partition coefficient (Wildman–Crippen LogP) is 0.593. The highest BCUT2D eigenvalue weighted by Gasteiger charge is 2.34. The van der Waals surface area contributed by atoms with Gasteiger partial charge in [-0.1, -0.05) is 18.2 Å². The van der Waals surface area contributed by atoms with Crippen LogP contribution in [-0.2, 0) is 21.1 Å². The van der Waals surface area contributed by atoms with Crippen molar-refractivity contribution in [2.45, 2.75) is 19.0 Å². The van der Waals surface area contributed by atoms with Crippen LogP contribution in [0.25, 0.3) is 10.8 Å². The third-order valence-corrected chi connectivity index (χ3v) is 7.84. The van der Waals surface area contributed by atoms with Crippen LogP contribution in [0.3, 0.4) is 0 Å². The Kier molecular flexibility index (Phi) is 5.95. The van der Waals surface area contributed by atoms with E-state index in [9.17, 15) is 18.0 Å². The number of amides is 1. The van der Waals surface area contributed by atoms with E-state index in [0.717, 1.165) is 0 Å². The molecule has 2 aromatic rings. The van der Waals surface area contributed by atoms with Gasteiger partial charge in [0.15, 0.2) is 9.84 Å². The SMILES string of the molecule is COCCn1cc(C(=O)N2CCN([C@H]3CCS(=O)(=O)C3)CC2)c2ccccc2c1=O. The Morgan fingerprint density at radius 3 is 2.47 bits per heavy atom. The number of rotatable bonds is 5. The molecule has 0 bridgehead atoms. The van der Waals surface area contributed by atoms with Crippen LogP contribution in [0, 0.1) is 0 Å². The van der Waals surface area contributed by atoms with Gasteiger partial charge in [0.2, 0.25) is 0 Å². The predicted molar refractivity (Wildman–Crippen MR) is 115 cm³/mol. The van der Waals surface area contributed by atoms with Crippen LogP contribution < -0.4 is 5.56 Å². The van der Waals surface area contributed by atoms with E-state index in [2.05, 4.69) is 4.90 Å². The number of nitrogens with zero attached hydrogens (tertiary/aromatic N) is 3. The van der Waals surface area contributed by atoms with Gasteiger partial charge in [-0.15, -0.1) is 0 Å². The maximum absolute atomic E-state index is 13.3. The minimum absolute atomic E-state index is 0.0593. The molecule has 8 nitrogen and oxygen atoms in total. The molecule has 0 spiro atoms. The number of hydrogen-bond donors (Lipinski definition) is 0. The Bertz CT molecular complexity index is 1100.